The Morgan fingerprint density at radius 1 is 1.24 bits per heavy atom. The zero-order valence-electron chi connectivity index (χ0n) is 14.2. The van der Waals surface area contributed by atoms with Crippen molar-refractivity contribution in [2.75, 3.05) is 26.2 Å². The highest BCUT2D eigenvalue weighted by Gasteiger charge is 2.29. The summed E-state index contributed by atoms with van der Waals surface area (Å²) in [4.78, 5) is 13.8. The van der Waals surface area contributed by atoms with Crippen molar-refractivity contribution in [2.45, 2.75) is 59.0 Å². The summed E-state index contributed by atoms with van der Waals surface area (Å²) in [6.45, 7) is 12.0. The lowest BCUT2D eigenvalue weighted by Gasteiger charge is -2.33. The summed E-state index contributed by atoms with van der Waals surface area (Å²) in [7, 11) is 0. The number of likely N-dealkylation sites (tertiary alicyclic amines) is 1. The Balaban J connectivity index is 1.60. The van der Waals surface area contributed by atoms with Crippen LogP contribution in [0.4, 0.5) is 4.79 Å². The van der Waals surface area contributed by atoms with Crippen molar-refractivity contribution in [3.05, 3.63) is 0 Å². The van der Waals surface area contributed by atoms with E-state index in [1.807, 2.05) is 25.7 Å². The van der Waals surface area contributed by atoms with E-state index >= 15 is 0 Å². The van der Waals surface area contributed by atoms with Gasteiger partial charge in [0.05, 0.1) is 0 Å². The molecule has 1 unspecified atom stereocenters. The molecule has 1 N–H and O–H groups in total. The van der Waals surface area contributed by atoms with Crippen LogP contribution in [0, 0.1) is 17.8 Å². The molecule has 0 radical (unpaired) electrons. The summed E-state index contributed by atoms with van der Waals surface area (Å²) in [6, 6.07) is 0. The van der Waals surface area contributed by atoms with Crippen molar-refractivity contribution in [1.82, 2.24) is 10.2 Å². The number of piperidine rings is 1. The number of nitrogens with zero attached hydrogens (tertiary/aromatic N) is 1. The molecular weight excluding hydrogens is 264 g/mol. The fourth-order valence-electron chi connectivity index (χ4n) is 2.99. The molecule has 2 rings (SSSR count). The summed E-state index contributed by atoms with van der Waals surface area (Å²) in [6.07, 6.45) is 4.87. The number of ether oxygens (including phenoxy) is 1. The van der Waals surface area contributed by atoms with Gasteiger partial charge in [0.15, 0.2) is 0 Å². The highest BCUT2D eigenvalue weighted by molar-refractivity contribution is 5.68. The molecule has 0 spiro atoms. The zero-order chi connectivity index (χ0) is 15.5. The van der Waals surface area contributed by atoms with Gasteiger partial charge in [0.2, 0.25) is 0 Å². The van der Waals surface area contributed by atoms with Crippen molar-refractivity contribution in [1.29, 1.82) is 0 Å². The minimum absolute atomic E-state index is 0.156. The lowest BCUT2D eigenvalue weighted by molar-refractivity contribution is 0.0184. The molecule has 0 bridgehead atoms. The number of nitrogens with one attached hydrogen (secondary N) is 1. The Labute approximate surface area is 129 Å². The van der Waals surface area contributed by atoms with Crippen LogP contribution < -0.4 is 5.32 Å². The molecule has 1 amide bonds. The second-order valence-electron chi connectivity index (χ2n) is 7.88. The van der Waals surface area contributed by atoms with Gasteiger partial charge in [-0.25, -0.2) is 4.79 Å². The Hall–Kier alpha value is -0.770. The minimum Gasteiger partial charge on any atom is -0.444 e. The number of rotatable bonds is 5. The summed E-state index contributed by atoms with van der Waals surface area (Å²) < 4.78 is 5.43. The fourth-order valence-corrected chi connectivity index (χ4v) is 2.99. The van der Waals surface area contributed by atoms with Gasteiger partial charge < -0.3 is 15.0 Å². The molecule has 4 heteroatoms. The van der Waals surface area contributed by atoms with Crippen molar-refractivity contribution >= 4 is 6.09 Å². The first-order chi connectivity index (χ1) is 9.85. The SMILES string of the molecule is CC(CNCC1CCN(C(=O)OC(C)(C)C)CC1)C1CC1. The molecule has 0 aromatic heterocycles. The van der Waals surface area contributed by atoms with E-state index in [4.69, 9.17) is 4.74 Å². The molecule has 0 aromatic carbocycles. The second-order valence-corrected chi connectivity index (χ2v) is 7.88. The lowest BCUT2D eigenvalue weighted by atomic mass is 9.96. The van der Waals surface area contributed by atoms with Gasteiger partial charge in [0.25, 0.3) is 0 Å². The first-order valence-corrected chi connectivity index (χ1v) is 8.54. The lowest BCUT2D eigenvalue weighted by Crippen LogP contribution is -2.43. The van der Waals surface area contributed by atoms with Gasteiger partial charge in [-0.1, -0.05) is 6.92 Å². The fraction of sp³-hybridized carbons (Fsp3) is 0.941. The van der Waals surface area contributed by atoms with Gasteiger partial charge in [-0.3, -0.25) is 0 Å². The van der Waals surface area contributed by atoms with E-state index in [1.165, 1.54) is 12.8 Å². The zero-order valence-corrected chi connectivity index (χ0v) is 14.2. The normalized spacial score (nSPS) is 22.2. The van der Waals surface area contributed by atoms with Gasteiger partial charge in [-0.2, -0.15) is 0 Å². The molecule has 4 nitrogen and oxygen atoms in total. The molecule has 1 heterocycles. The molecule has 2 aliphatic rings. The van der Waals surface area contributed by atoms with Gasteiger partial charge in [-0.15, -0.1) is 0 Å². The van der Waals surface area contributed by atoms with Crippen molar-refractivity contribution in [3.63, 3.8) is 0 Å². The van der Waals surface area contributed by atoms with Gasteiger partial charge in [0, 0.05) is 13.1 Å². The average molecular weight is 296 g/mol. The Morgan fingerprint density at radius 2 is 1.86 bits per heavy atom. The van der Waals surface area contributed by atoms with E-state index in [0.29, 0.717) is 5.92 Å². The van der Waals surface area contributed by atoms with Gasteiger partial charge in [-0.05, 0) is 77.3 Å². The molecule has 1 aliphatic heterocycles. The number of carbonyl (C=O) groups is 1. The first kappa shape index (κ1) is 16.6. The van der Waals surface area contributed by atoms with Crippen LogP contribution in [-0.4, -0.2) is 42.8 Å². The average Bonchev–Trinajstić information content (AvgIpc) is 3.21. The quantitative estimate of drug-likeness (QED) is 0.846. The number of hydrogen-bond donors (Lipinski definition) is 1. The largest absolute Gasteiger partial charge is 0.444 e. The molecule has 2 fully saturated rings. The van der Waals surface area contributed by atoms with Gasteiger partial charge >= 0.3 is 6.09 Å². The van der Waals surface area contributed by atoms with E-state index < -0.39 is 5.60 Å². The first-order valence-electron chi connectivity index (χ1n) is 8.54. The predicted molar refractivity (Wildman–Crippen MR) is 85.3 cm³/mol. The third-order valence-electron chi connectivity index (χ3n) is 4.59. The third kappa shape index (κ3) is 5.85. The second kappa shape index (κ2) is 6.99. The molecule has 122 valence electrons. The Kier molecular flexibility index (Phi) is 5.53. The molecule has 0 aromatic rings. The third-order valence-corrected chi connectivity index (χ3v) is 4.59. The van der Waals surface area contributed by atoms with Crippen LogP contribution >= 0.6 is 0 Å². The highest BCUT2D eigenvalue weighted by atomic mass is 16.6. The van der Waals surface area contributed by atoms with E-state index in [9.17, 15) is 4.79 Å². The number of carbonyl (C=O) groups excluding carboxylic acids is 1. The number of amides is 1. The minimum atomic E-state index is -0.394. The maximum atomic E-state index is 12.0. The molecule has 1 saturated carbocycles. The van der Waals surface area contributed by atoms with Crippen LogP contribution in [0.3, 0.4) is 0 Å². The van der Waals surface area contributed by atoms with E-state index in [1.54, 1.807) is 0 Å². The van der Waals surface area contributed by atoms with Crippen LogP contribution in [0.2, 0.25) is 0 Å². The van der Waals surface area contributed by atoms with Crippen LogP contribution in [0.15, 0.2) is 0 Å². The van der Waals surface area contributed by atoms with Crippen LogP contribution in [0.25, 0.3) is 0 Å². The molecule has 1 saturated heterocycles. The smallest absolute Gasteiger partial charge is 0.410 e. The highest BCUT2D eigenvalue weighted by Crippen LogP contribution is 2.36. The molecule has 21 heavy (non-hydrogen) atoms. The Morgan fingerprint density at radius 3 is 2.38 bits per heavy atom. The number of hydrogen-bond acceptors (Lipinski definition) is 3. The summed E-state index contributed by atoms with van der Waals surface area (Å²) >= 11 is 0. The van der Waals surface area contributed by atoms with Crippen LogP contribution in [0.1, 0.15) is 53.4 Å². The topological polar surface area (TPSA) is 41.6 Å². The standard InChI is InChI=1S/C17H32N2O2/c1-13(15-5-6-15)11-18-12-14-7-9-19(10-8-14)16(20)21-17(2,3)4/h13-15,18H,5-12H2,1-4H3. The summed E-state index contributed by atoms with van der Waals surface area (Å²) in [5.41, 5.74) is -0.394. The van der Waals surface area contributed by atoms with Gasteiger partial charge in [0.1, 0.15) is 5.60 Å². The summed E-state index contributed by atoms with van der Waals surface area (Å²) in [5, 5.41) is 3.62. The van der Waals surface area contributed by atoms with Crippen molar-refractivity contribution in [2.24, 2.45) is 17.8 Å². The maximum absolute atomic E-state index is 12.0. The predicted octanol–water partition coefficient (Wildman–Crippen LogP) is 3.27. The molecular formula is C17H32N2O2. The Bertz CT molecular complexity index is 339. The van der Waals surface area contributed by atoms with E-state index in [2.05, 4.69) is 12.2 Å². The summed E-state index contributed by atoms with van der Waals surface area (Å²) in [5.74, 6) is 2.51. The monoisotopic (exact) mass is 296 g/mol. The molecule has 1 aliphatic carbocycles. The molecule has 1 atom stereocenters. The van der Waals surface area contributed by atoms with E-state index in [-0.39, 0.29) is 6.09 Å². The van der Waals surface area contributed by atoms with Crippen molar-refractivity contribution in [3.8, 4) is 0 Å². The van der Waals surface area contributed by atoms with Crippen molar-refractivity contribution < 1.29 is 9.53 Å². The van der Waals surface area contributed by atoms with Crippen LogP contribution in [-0.2, 0) is 4.74 Å². The maximum Gasteiger partial charge on any atom is 0.410 e. The van der Waals surface area contributed by atoms with E-state index in [0.717, 1.165) is 50.9 Å². The van der Waals surface area contributed by atoms with Crippen LogP contribution in [0.5, 0.6) is 0 Å².